The second-order valence-corrected chi connectivity index (χ2v) is 4.74. The fraction of sp³-hybridized carbons (Fsp3) is 0.833. The van der Waals surface area contributed by atoms with Gasteiger partial charge in [0.1, 0.15) is 0 Å². The normalized spacial score (nSPS) is 22.2. The predicted octanol–water partition coefficient (Wildman–Crippen LogP) is 0.827. The Morgan fingerprint density at radius 2 is 2.24 bits per heavy atom. The summed E-state index contributed by atoms with van der Waals surface area (Å²) >= 11 is 0. The van der Waals surface area contributed by atoms with Crippen molar-refractivity contribution >= 4 is 11.9 Å². The van der Waals surface area contributed by atoms with Crippen LogP contribution in [0.25, 0.3) is 0 Å². The quantitative estimate of drug-likeness (QED) is 0.748. The summed E-state index contributed by atoms with van der Waals surface area (Å²) in [7, 11) is 0. The molecule has 1 fully saturated rings. The van der Waals surface area contributed by atoms with Gasteiger partial charge >= 0.3 is 5.97 Å². The number of hydrogen-bond acceptors (Lipinski definition) is 3. The Hall–Kier alpha value is -1.10. The van der Waals surface area contributed by atoms with E-state index in [4.69, 9.17) is 10.8 Å². The first-order chi connectivity index (χ1) is 8.04. The van der Waals surface area contributed by atoms with Gasteiger partial charge in [-0.15, -0.1) is 0 Å². The molecular weight excluding hydrogens is 220 g/mol. The first-order valence-corrected chi connectivity index (χ1v) is 6.30. The van der Waals surface area contributed by atoms with Crippen LogP contribution in [0.2, 0.25) is 0 Å². The highest BCUT2D eigenvalue weighted by Gasteiger charge is 2.26. The summed E-state index contributed by atoms with van der Waals surface area (Å²) in [5.74, 6) is -0.445. The van der Waals surface area contributed by atoms with Crippen molar-refractivity contribution in [2.45, 2.75) is 45.1 Å². The van der Waals surface area contributed by atoms with Crippen molar-refractivity contribution in [1.82, 2.24) is 4.90 Å². The third-order valence-corrected chi connectivity index (χ3v) is 3.35. The van der Waals surface area contributed by atoms with Crippen molar-refractivity contribution in [3.63, 3.8) is 0 Å². The molecule has 2 unspecified atom stereocenters. The van der Waals surface area contributed by atoms with Crippen LogP contribution in [0.3, 0.4) is 0 Å². The minimum atomic E-state index is -0.765. The van der Waals surface area contributed by atoms with E-state index < -0.39 is 12.0 Å². The molecule has 1 aliphatic rings. The second-order valence-electron chi connectivity index (χ2n) is 4.74. The zero-order valence-corrected chi connectivity index (χ0v) is 10.4. The summed E-state index contributed by atoms with van der Waals surface area (Å²) in [6.07, 6.45) is 3.45. The first kappa shape index (κ1) is 14.0. The van der Waals surface area contributed by atoms with E-state index in [0.29, 0.717) is 25.3 Å². The van der Waals surface area contributed by atoms with Crippen molar-refractivity contribution in [1.29, 1.82) is 0 Å². The van der Waals surface area contributed by atoms with Gasteiger partial charge in [-0.25, -0.2) is 0 Å². The molecule has 0 aromatic heterocycles. The molecule has 0 aliphatic carbocycles. The molecule has 5 heteroatoms. The van der Waals surface area contributed by atoms with E-state index in [1.807, 2.05) is 6.92 Å². The minimum absolute atomic E-state index is 0.00697. The highest BCUT2D eigenvalue weighted by molar-refractivity contribution is 5.81. The van der Waals surface area contributed by atoms with Crippen LogP contribution in [0.15, 0.2) is 0 Å². The third kappa shape index (κ3) is 4.34. The number of likely N-dealkylation sites (tertiary alicyclic amines) is 1. The van der Waals surface area contributed by atoms with E-state index >= 15 is 0 Å². The summed E-state index contributed by atoms with van der Waals surface area (Å²) < 4.78 is 0. The van der Waals surface area contributed by atoms with Gasteiger partial charge in [-0.3, -0.25) is 9.59 Å². The largest absolute Gasteiger partial charge is 0.481 e. The van der Waals surface area contributed by atoms with Crippen LogP contribution in [0.4, 0.5) is 0 Å². The van der Waals surface area contributed by atoms with E-state index in [1.165, 1.54) is 0 Å². The molecule has 5 nitrogen and oxygen atoms in total. The van der Waals surface area contributed by atoms with Gasteiger partial charge in [-0.1, -0.05) is 6.92 Å². The van der Waals surface area contributed by atoms with Crippen molar-refractivity contribution < 1.29 is 14.7 Å². The molecule has 0 bridgehead atoms. The average molecular weight is 242 g/mol. The molecule has 1 aliphatic heterocycles. The number of nitrogens with two attached hydrogens (primary N) is 1. The zero-order chi connectivity index (χ0) is 12.8. The summed E-state index contributed by atoms with van der Waals surface area (Å²) in [4.78, 5) is 24.2. The minimum Gasteiger partial charge on any atom is -0.481 e. The second kappa shape index (κ2) is 6.59. The van der Waals surface area contributed by atoms with Gasteiger partial charge in [-0.2, -0.15) is 0 Å². The molecule has 17 heavy (non-hydrogen) atoms. The van der Waals surface area contributed by atoms with E-state index in [-0.39, 0.29) is 12.3 Å². The lowest BCUT2D eigenvalue weighted by atomic mass is 9.93. The maximum atomic E-state index is 11.9. The molecule has 1 amide bonds. The molecule has 0 radical (unpaired) electrons. The number of carboxylic acids is 1. The number of rotatable bonds is 5. The Bertz CT molecular complexity index is 281. The molecule has 3 N–H and O–H groups in total. The molecule has 2 atom stereocenters. The van der Waals surface area contributed by atoms with Gasteiger partial charge in [0.05, 0.1) is 6.04 Å². The third-order valence-electron chi connectivity index (χ3n) is 3.35. The fourth-order valence-electron chi connectivity index (χ4n) is 2.24. The standard InChI is InChI=1S/C12H22N2O3/c1-2-10(13)12(17)14-7-3-4-9(8-14)5-6-11(15)16/h9-10H,2-8,13H2,1H3,(H,15,16). The Labute approximate surface area is 102 Å². The molecule has 0 aromatic rings. The van der Waals surface area contributed by atoms with Crippen molar-refractivity contribution in [2.24, 2.45) is 11.7 Å². The van der Waals surface area contributed by atoms with Crippen LogP contribution >= 0.6 is 0 Å². The molecule has 0 saturated carbocycles. The molecular formula is C12H22N2O3. The number of nitrogens with zero attached hydrogens (tertiary/aromatic N) is 1. The summed E-state index contributed by atoms with van der Waals surface area (Å²) in [5, 5.41) is 8.64. The van der Waals surface area contributed by atoms with Crippen LogP contribution in [0.5, 0.6) is 0 Å². The van der Waals surface area contributed by atoms with Crippen LogP contribution in [0, 0.1) is 5.92 Å². The van der Waals surface area contributed by atoms with E-state index in [1.54, 1.807) is 4.90 Å². The highest BCUT2D eigenvalue weighted by atomic mass is 16.4. The molecule has 1 saturated heterocycles. The molecule has 0 spiro atoms. The average Bonchev–Trinajstić information content (AvgIpc) is 2.34. The maximum absolute atomic E-state index is 11.9. The number of hydrogen-bond donors (Lipinski definition) is 2. The smallest absolute Gasteiger partial charge is 0.303 e. The molecule has 98 valence electrons. The first-order valence-electron chi connectivity index (χ1n) is 6.30. The van der Waals surface area contributed by atoms with Gasteiger partial charge in [-0.05, 0) is 31.6 Å². The highest BCUT2D eigenvalue weighted by Crippen LogP contribution is 2.21. The lowest BCUT2D eigenvalue weighted by molar-refractivity contribution is -0.137. The molecule has 1 heterocycles. The number of aliphatic carboxylic acids is 1. The Balaban J connectivity index is 2.43. The van der Waals surface area contributed by atoms with Gasteiger partial charge < -0.3 is 15.7 Å². The van der Waals surface area contributed by atoms with Crippen LogP contribution < -0.4 is 5.73 Å². The number of amides is 1. The van der Waals surface area contributed by atoms with Gasteiger partial charge in [0.15, 0.2) is 0 Å². The van der Waals surface area contributed by atoms with E-state index in [0.717, 1.165) is 19.4 Å². The van der Waals surface area contributed by atoms with Crippen LogP contribution in [-0.2, 0) is 9.59 Å². The molecule has 1 rings (SSSR count). The Kier molecular flexibility index (Phi) is 5.41. The lowest BCUT2D eigenvalue weighted by Crippen LogP contribution is -2.47. The number of piperidine rings is 1. The van der Waals surface area contributed by atoms with E-state index in [9.17, 15) is 9.59 Å². The van der Waals surface area contributed by atoms with Crippen molar-refractivity contribution in [3.05, 3.63) is 0 Å². The maximum Gasteiger partial charge on any atom is 0.303 e. The zero-order valence-electron chi connectivity index (χ0n) is 10.4. The predicted molar refractivity (Wildman–Crippen MR) is 64.4 cm³/mol. The number of carboxylic acid groups (broad SMARTS) is 1. The Morgan fingerprint density at radius 3 is 2.82 bits per heavy atom. The summed E-state index contributed by atoms with van der Waals surface area (Å²) in [6.45, 7) is 3.32. The van der Waals surface area contributed by atoms with Gasteiger partial charge in [0.2, 0.25) is 5.91 Å². The van der Waals surface area contributed by atoms with Crippen molar-refractivity contribution in [3.8, 4) is 0 Å². The lowest BCUT2D eigenvalue weighted by Gasteiger charge is -2.34. The van der Waals surface area contributed by atoms with Gasteiger partial charge in [0.25, 0.3) is 0 Å². The Morgan fingerprint density at radius 1 is 1.53 bits per heavy atom. The number of carbonyl (C=O) groups excluding carboxylic acids is 1. The van der Waals surface area contributed by atoms with Gasteiger partial charge in [0, 0.05) is 19.5 Å². The van der Waals surface area contributed by atoms with Crippen molar-refractivity contribution in [2.75, 3.05) is 13.1 Å². The monoisotopic (exact) mass is 242 g/mol. The topological polar surface area (TPSA) is 83.6 Å². The summed E-state index contributed by atoms with van der Waals surface area (Å²) in [5.41, 5.74) is 5.73. The fourth-order valence-corrected chi connectivity index (χ4v) is 2.24. The SMILES string of the molecule is CCC(N)C(=O)N1CCCC(CCC(=O)O)C1. The molecule has 0 aromatic carbocycles. The number of carbonyl (C=O) groups is 2. The van der Waals surface area contributed by atoms with Crippen LogP contribution in [-0.4, -0.2) is 41.0 Å². The van der Waals surface area contributed by atoms with E-state index in [2.05, 4.69) is 0 Å². The summed E-state index contributed by atoms with van der Waals surface area (Å²) in [6, 6.07) is -0.409. The van der Waals surface area contributed by atoms with Crippen LogP contribution in [0.1, 0.15) is 39.0 Å².